The van der Waals surface area contributed by atoms with Gasteiger partial charge in [-0.15, -0.1) is 0 Å². The van der Waals surface area contributed by atoms with Gasteiger partial charge in [-0.05, 0) is 48.9 Å². The van der Waals surface area contributed by atoms with E-state index in [-0.39, 0.29) is 12.3 Å². The van der Waals surface area contributed by atoms with E-state index < -0.39 is 17.9 Å². The molecule has 2 N–H and O–H groups in total. The zero-order chi connectivity index (χ0) is 20.8. The summed E-state index contributed by atoms with van der Waals surface area (Å²) >= 11 is 0. The van der Waals surface area contributed by atoms with Gasteiger partial charge in [0.05, 0.1) is 25.8 Å². The summed E-state index contributed by atoms with van der Waals surface area (Å²) in [6.45, 7) is 2.61. The highest BCUT2D eigenvalue weighted by Gasteiger charge is 2.39. The summed E-state index contributed by atoms with van der Waals surface area (Å²) in [5.41, 5.74) is 5.98. The van der Waals surface area contributed by atoms with E-state index in [1.165, 1.54) is 7.11 Å². The molecule has 0 bridgehead atoms. The molecule has 1 heterocycles. The number of hydrogen-bond acceptors (Lipinski definition) is 6. The summed E-state index contributed by atoms with van der Waals surface area (Å²) < 4.78 is 10.6. The minimum atomic E-state index is -0.840. The van der Waals surface area contributed by atoms with Crippen molar-refractivity contribution in [3.05, 3.63) is 54.1 Å². The number of nitrogens with zero attached hydrogens (tertiary/aromatic N) is 1. The summed E-state index contributed by atoms with van der Waals surface area (Å²) in [4.78, 5) is 38.4. The number of rotatable bonds is 8. The normalized spacial score (nSPS) is 16.1. The standard InChI is InChI=1S/C21H23N3O5/c1-3-11-29-16-9-7-15(8-10-16)24-19(25)13-18(21(24)27)22-23-20(26)14-5-4-6-17(12-14)28-2/h4-10,12,18,22H,3,11,13H2,1-2H3,(H,23,26)/t18-/m0/s1. The van der Waals surface area contributed by atoms with Gasteiger partial charge in [-0.1, -0.05) is 13.0 Å². The molecule has 1 atom stereocenters. The first-order valence-electron chi connectivity index (χ1n) is 9.33. The van der Waals surface area contributed by atoms with Crippen LogP contribution in [0.15, 0.2) is 48.5 Å². The molecule has 1 aliphatic rings. The lowest BCUT2D eigenvalue weighted by Gasteiger charge is -2.16. The molecule has 0 unspecified atom stereocenters. The molecule has 1 fully saturated rings. The van der Waals surface area contributed by atoms with Crippen LogP contribution in [-0.4, -0.2) is 37.5 Å². The predicted molar refractivity (Wildman–Crippen MR) is 107 cm³/mol. The first-order chi connectivity index (χ1) is 14.0. The molecule has 2 aromatic carbocycles. The van der Waals surface area contributed by atoms with Crippen molar-refractivity contribution in [2.45, 2.75) is 25.8 Å². The fourth-order valence-corrected chi connectivity index (χ4v) is 2.92. The predicted octanol–water partition coefficient (Wildman–Crippen LogP) is 2.05. The van der Waals surface area contributed by atoms with Gasteiger partial charge in [-0.2, -0.15) is 0 Å². The van der Waals surface area contributed by atoms with Crippen LogP contribution in [0.25, 0.3) is 0 Å². The van der Waals surface area contributed by atoms with Gasteiger partial charge in [0.1, 0.15) is 17.5 Å². The van der Waals surface area contributed by atoms with Gasteiger partial charge >= 0.3 is 0 Å². The Hall–Kier alpha value is -3.39. The molecule has 8 nitrogen and oxygen atoms in total. The first kappa shape index (κ1) is 20.3. The molecule has 3 amide bonds. The maximum atomic E-state index is 12.7. The van der Waals surface area contributed by atoms with Crippen molar-refractivity contribution in [3.8, 4) is 11.5 Å². The molecule has 1 saturated heterocycles. The van der Waals surface area contributed by atoms with Crippen LogP contribution in [-0.2, 0) is 9.59 Å². The molecule has 0 spiro atoms. The molecule has 8 heteroatoms. The van der Waals surface area contributed by atoms with E-state index in [1.54, 1.807) is 48.5 Å². The number of imide groups is 1. The average Bonchev–Trinajstić information content (AvgIpc) is 3.04. The average molecular weight is 397 g/mol. The van der Waals surface area contributed by atoms with Gasteiger partial charge in [0.15, 0.2) is 0 Å². The number of ether oxygens (including phenoxy) is 2. The molecule has 152 valence electrons. The first-order valence-corrected chi connectivity index (χ1v) is 9.33. The van der Waals surface area contributed by atoms with Gasteiger partial charge in [-0.3, -0.25) is 19.8 Å². The van der Waals surface area contributed by atoms with Crippen molar-refractivity contribution >= 4 is 23.4 Å². The van der Waals surface area contributed by atoms with E-state index in [9.17, 15) is 14.4 Å². The molecule has 3 rings (SSSR count). The summed E-state index contributed by atoms with van der Waals surface area (Å²) in [6, 6.07) is 12.5. The monoisotopic (exact) mass is 397 g/mol. The lowest BCUT2D eigenvalue weighted by atomic mass is 10.2. The highest BCUT2D eigenvalue weighted by molar-refractivity contribution is 6.22. The Morgan fingerprint density at radius 2 is 1.90 bits per heavy atom. The van der Waals surface area contributed by atoms with Gasteiger partial charge < -0.3 is 9.47 Å². The number of hydrazine groups is 1. The number of nitrogens with one attached hydrogen (secondary N) is 2. The minimum absolute atomic E-state index is 0.0503. The van der Waals surface area contributed by atoms with Crippen LogP contribution < -0.4 is 25.2 Å². The SMILES string of the molecule is CCCOc1ccc(N2C(=O)C[C@H](NNC(=O)c3cccc(OC)c3)C2=O)cc1. The molecular formula is C21H23N3O5. The van der Waals surface area contributed by atoms with E-state index in [1.807, 2.05) is 6.92 Å². The lowest BCUT2D eigenvalue weighted by Crippen LogP contribution is -2.48. The third kappa shape index (κ3) is 4.72. The number of anilines is 1. The molecule has 0 radical (unpaired) electrons. The third-order valence-corrected chi connectivity index (χ3v) is 4.41. The summed E-state index contributed by atoms with van der Waals surface area (Å²) in [7, 11) is 1.51. The second-order valence-corrected chi connectivity index (χ2v) is 6.50. The highest BCUT2D eigenvalue weighted by atomic mass is 16.5. The van der Waals surface area contributed by atoms with Crippen LogP contribution in [0.4, 0.5) is 5.69 Å². The van der Waals surface area contributed by atoms with E-state index in [0.717, 1.165) is 11.3 Å². The Balaban J connectivity index is 1.62. The van der Waals surface area contributed by atoms with Crippen LogP contribution in [0.5, 0.6) is 11.5 Å². The third-order valence-electron chi connectivity index (χ3n) is 4.41. The van der Waals surface area contributed by atoms with Crippen molar-refractivity contribution in [3.63, 3.8) is 0 Å². The van der Waals surface area contributed by atoms with Gasteiger partial charge in [0, 0.05) is 5.56 Å². The Morgan fingerprint density at radius 1 is 1.14 bits per heavy atom. The van der Waals surface area contributed by atoms with Crippen molar-refractivity contribution in [1.82, 2.24) is 10.9 Å². The molecule has 0 saturated carbocycles. The van der Waals surface area contributed by atoms with Gasteiger partial charge in [0.2, 0.25) is 5.91 Å². The van der Waals surface area contributed by atoms with E-state index in [0.29, 0.717) is 29.4 Å². The summed E-state index contributed by atoms with van der Waals surface area (Å²) in [5, 5.41) is 0. The topological polar surface area (TPSA) is 97.0 Å². The number of carbonyl (C=O) groups excluding carboxylic acids is 3. The Bertz CT molecular complexity index is 897. The van der Waals surface area contributed by atoms with Crippen LogP contribution in [0.3, 0.4) is 0 Å². The summed E-state index contributed by atoms with van der Waals surface area (Å²) in [6.07, 6.45) is 0.838. The Labute approximate surface area is 168 Å². The second kappa shape index (κ2) is 9.20. The molecule has 29 heavy (non-hydrogen) atoms. The number of amides is 3. The minimum Gasteiger partial charge on any atom is -0.497 e. The van der Waals surface area contributed by atoms with Crippen molar-refractivity contribution in [2.24, 2.45) is 0 Å². The fourth-order valence-electron chi connectivity index (χ4n) is 2.92. The Kier molecular flexibility index (Phi) is 6.46. The molecule has 0 aliphatic carbocycles. The number of benzene rings is 2. The maximum Gasteiger partial charge on any atom is 0.265 e. The zero-order valence-electron chi connectivity index (χ0n) is 16.3. The smallest absolute Gasteiger partial charge is 0.265 e. The molecule has 1 aliphatic heterocycles. The number of carbonyl (C=O) groups is 3. The fraction of sp³-hybridized carbons (Fsp3) is 0.286. The number of methoxy groups -OCH3 is 1. The molecule has 2 aromatic rings. The second-order valence-electron chi connectivity index (χ2n) is 6.50. The molecular weight excluding hydrogens is 374 g/mol. The zero-order valence-corrected chi connectivity index (χ0v) is 16.3. The maximum absolute atomic E-state index is 12.7. The largest absolute Gasteiger partial charge is 0.497 e. The van der Waals surface area contributed by atoms with E-state index >= 15 is 0 Å². The number of hydrogen-bond donors (Lipinski definition) is 2. The van der Waals surface area contributed by atoms with Crippen molar-refractivity contribution in [1.29, 1.82) is 0 Å². The van der Waals surface area contributed by atoms with Crippen LogP contribution in [0, 0.1) is 0 Å². The van der Waals surface area contributed by atoms with Crippen LogP contribution >= 0.6 is 0 Å². The van der Waals surface area contributed by atoms with Crippen molar-refractivity contribution in [2.75, 3.05) is 18.6 Å². The lowest BCUT2D eigenvalue weighted by molar-refractivity contribution is -0.121. The Morgan fingerprint density at radius 3 is 2.59 bits per heavy atom. The quantitative estimate of drug-likeness (QED) is 0.523. The van der Waals surface area contributed by atoms with E-state index in [4.69, 9.17) is 9.47 Å². The van der Waals surface area contributed by atoms with Crippen LogP contribution in [0.2, 0.25) is 0 Å². The molecule has 0 aromatic heterocycles. The highest BCUT2D eigenvalue weighted by Crippen LogP contribution is 2.25. The van der Waals surface area contributed by atoms with E-state index in [2.05, 4.69) is 10.9 Å². The van der Waals surface area contributed by atoms with Crippen LogP contribution in [0.1, 0.15) is 30.1 Å². The summed E-state index contributed by atoms with van der Waals surface area (Å²) in [5.74, 6) is 0.0192. The van der Waals surface area contributed by atoms with Gasteiger partial charge in [0.25, 0.3) is 11.8 Å². The van der Waals surface area contributed by atoms with Crippen molar-refractivity contribution < 1.29 is 23.9 Å². The van der Waals surface area contributed by atoms with Gasteiger partial charge in [-0.25, -0.2) is 10.3 Å².